The molecule has 1 aromatic heterocycles. The molecule has 0 atom stereocenters. The van der Waals surface area contributed by atoms with Gasteiger partial charge in [-0.1, -0.05) is 0 Å². The molecule has 0 bridgehead atoms. The van der Waals surface area contributed by atoms with Crippen molar-refractivity contribution in [3.63, 3.8) is 0 Å². The Hall–Kier alpha value is -2.71. The molecule has 1 rings (SSSR count). The van der Waals surface area contributed by atoms with Crippen LogP contribution in [-0.2, 0) is 4.74 Å². The minimum Gasteiger partial charge on any atom is -0.459 e. The van der Waals surface area contributed by atoms with Crippen LogP contribution >= 0.6 is 0 Å². The zero-order valence-electron chi connectivity index (χ0n) is 17.5. The molecule has 1 heterocycles. The first kappa shape index (κ1) is 23.3. The lowest BCUT2D eigenvalue weighted by Crippen LogP contribution is -2.40. The Morgan fingerprint density at radius 2 is 1.61 bits per heavy atom. The third kappa shape index (κ3) is 9.84. The Bertz CT molecular complexity index is 649. The van der Waals surface area contributed by atoms with Gasteiger partial charge >= 0.3 is 6.09 Å². The summed E-state index contributed by atoms with van der Waals surface area (Å²) >= 11 is 0. The predicted octanol–water partition coefficient (Wildman–Crippen LogP) is 1.79. The molecule has 9 heteroatoms. The van der Waals surface area contributed by atoms with Crippen molar-refractivity contribution in [2.24, 2.45) is 4.99 Å². The Morgan fingerprint density at radius 3 is 2.11 bits per heavy atom. The molecule has 4 N–H and O–H groups in total. The fourth-order valence-corrected chi connectivity index (χ4v) is 2.20. The molecule has 0 aliphatic rings. The molecule has 0 saturated carbocycles. The molecule has 0 fully saturated rings. The quantitative estimate of drug-likeness (QED) is 0.288. The van der Waals surface area contributed by atoms with E-state index in [1.807, 2.05) is 27.7 Å². The highest BCUT2D eigenvalue weighted by atomic mass is 16.6. The molecule has 0 aliphatic carbocycles. The molecular weight excluding hydrogens is 362 g/mol. The SMILES string of the molecule is CN=C(NCCCNC(=O)OC(C)(C)C)NCCCNC(=O)c1occc1C. The molecule has 158 valence electrons. The minimum atomic E-state index is -0.495. The monoisotopic (exact) mass is 395 g/mol. The van der Waals surface area contributed by atoms with E-state index in [2.05, 4.69) is 26.3 Å². The lowest BCUT2D eigenvalue weighted by molar-refractivity contribution is 0.0527. The molecule has 9 nitrogen and oxygen atoms in total. The van der Waals surface area contributed by atoms with Crippen LogP contribution in [0.15, 0.2) is 21.7 Å². The molecule has 0 unspecified atom stereocenters. The maximum atomic E-state index is 11.9. The number of ether oxygens (including phenoxy) is 1. The number of aryl methyl sites for hydroxylation is 1. The number of guanidine groups is 1. The molecule has 0 aromatic carbocycles. The first-order valence-electron chi connectivity index (χ1n) is 9.46. The number of alkyl carbamates (subject to hydrolysis) is 1. The summed E-state index contributed by atoms with van der Waals surface area (Å²) in [5.41, 5.74) is 0.325. The van der Waals surface area contributed by atoms with Gasteiger partial charge in [-0.2, -0.15) is 0 Å². The summed E-state index contributed by atoms with van der Waals surface area (Å²) in [7, 11) is 1.69. The topological polar surface area (TPSA) is 117 Å². The Labute approximate surface area is 166 Å². The van der Waals surface area contributed by atoms with E-state index in [0.29, 0.717) is 37.9 Å². The zero-order valence-corrected chi connectivity index (χ0v) is 17.5. The largest absolute Gasteiger partial charge is 0.459 e. The number of nitrogens with zero attached hydrogens (tertiary/aromatic N) is 1. The van der Waals surface area contributed by atoms with Crippen molar-refractivity contribution in [2.45, 2.75) is 46.1 Å². The van der Waals surface area contributed by atoms with Crippen molar-refractivity contribution in [1.82, 2.24) is 21.3 Å². The number of carbonyl (C=O) groups excluding carboxylic acids is 2. The van der Waals surface area contributed by atoms with Crippen molar-refractivity contribution in [3.8, 4) is 0 Å². The van der Waals surface area contributed by atoms with E-state index in [9.17, 15) is 9.59 Å². The first-order chi connectivity index (χ1) is 13.2. The maximum Gasteiger partial charge on any atom is 0.407 e. The molecular formula is C19H33N5O4. The molecule has 0 saturated heterocycles. The van der Waals surface area contributed by atoms with Crippen LogP contribution in [0, 0.1) is 6.92 Å². The molecule has 1 aromatic rings. The van der Waals surface area contributed by atoms with Gasteiger partial charge in [-0.25, -0.2) is 4.79 Å². The lowest BCUT2D eigenvalue weighted by Gasteiger charge is -2.19. The second-order valence-corrected chi connectivity index (χ2v) is 7.25. The summed E-state index contributed by atoms with van der Waals surface area (Å²) < 4.78 is 10.3. The van der Waals surface area contributed by atoms with Crippen molar-refractivity contribution in [2.75, 3.05) is 33.2 Å². The predicted molar refractivity (Wildman–Crippen MR) is 109 cm³/mol. The minimum absolute atomic E-state index is 0.206. The van der Waals surface area contributed by atoms with Gasteiger partial charge in [0.05, 0.1) is 6.26 Å². The fourth-order valence-electron chi connectivity index (χ4n) is 2.20. The summed E-state index contributed by atoms with van der Waals surface area (Å²) in [6, 6.07) is 1.76. The molecule has 0 aliphatic heterocycles. The van der Waals surface area contributed by atoms with Crippen molar-refractivity contribution in [1.29, 1.82) is 0 Å². The number of nitrogens with one attached hydrogen (secondary N) is 4. The maximum absolute atomic E-state index is 11.9. The van der Waals surface area contributed by atoms with Gasteiger partial charge in [0, 0.05) is 38.8 Å². The average Bonchev–Trinajstić information content (AvgIpc) is 3.03. The van der Waals surface area contributed by atoms with Crippen LogP contribution in [0.5, 0.6) is 0 Å². The summed E-state index contributed by atoms with van der Waals surface area (Å²) in [5.74, 6) is 0.818. The van der Waals surface area contributed by atoms with Gasteiger partial charge in [-0.3, -0.25) is 9.79 Å². The smallest absolute Gasteiger partial charge is 0.407 e. The summed E-state index contributed by atoms with van der Waals surface area (Å²) in [6.45, 7) is 9.67. The van der Waals surface area contributed by atoms with E-state index in [1.54, 1.807) is 13.1 Å². The number of hydrogen-bond acceptors (Lipinski definition) is 5. The second kappa shape index (κ2) is 11.9. The Balaban J connectivity index is 2.08. The first-order valence-corrected chi connectivity index (χ1v) is 9.46. The van der Waals surface area contributed by atoms with E-state index < -0.39 is 11.7 Å². The summed E-state index contributed by atoms with van der Waals surface area (Å²) in [5, 5.41) is 11.9. The van der Waals surface area contributed by atoms with E-state index in [0.717, 1.165) is 18.4 Å². The van der Waals surface area contributed by atoms with Gasteiger partial charge in [-0.05, 0) is 46.6 Å². The Morgan fingerprint density at radius 1 is 1.04 bits per heavy atom. The number of carbonyl (C=O) groups is 2. The van der Waals surface area contributed by atoms with Gasteiger partial charge < -0.3 is 30.4 Å². The van der Waals surface area contributed by atoms with E-state index in [4.69, 9.17) is 9.15 Å². The number of amides is 2. The van der Waals surface area contributed by atoms with Gasteiger partial charge in [0.15, 0.2) is 11.7 Å². The summed E-state index contributed by atoms with van der Waals surface area (Å²) in [4.78, 5) is 27.6. The fraction of sp³-hybridized carbons (Fsp3) is 0.632. The highest BCUT2D eigenvalue weighted by Gasteiger charge is 2.15. The van der Waals surface area contributed by atoms with E-state index >= 15 is 0 Å². The molecule has 0 spiro atoms. The van der Waals surface area contributed by atoms with Crippen LogP contribution in [-0.4, -0.2) is 56.8 Å². The summed E-state index contributed by atoms with van der Waals surface area (Å²) in [6.07, 6.45) is 2.57. The molecule has 2 amide bonds. The van der Waals surface area contributed by atoms with Crippen LogP contribution in [0.25, 0.3) is 0 Å². The van der Waals surface area contributed by atoms with Crippen molar-refractivity contribution in [3.05, 3.63) is 23.7 Å². The van der Waals surface area contributed by atoms with E-state index in [-0.39, 0.29) is 5.91 Å². The standard InChI is InChI=1S/C19H33N5O4/c1-14-8-13-27-15(14)16(25)21-9-6-10-22-17(20-5)23-11-7-12-24-18(26)28-19(2,3)4/h8,13H,6-7,9-12H2,1-5H3,(H,21,25)(H,24,26)(H2,20,22,23). The van der Waals surface area contributed by atoms with Crippen LogP contribution in [0.3, 0.4) is 0 Å². The van der Waals surface area contributed by atoms with Gasteiger partial charge in [0.1, 0.15) is 5.60 Å². The van der Waals surface area contributed by atoms with Crippen molar-refractivity contribution >= 4 is 18.0 Å². The van der Waals surface area contributed by atoms with Crippen LogP contribution in [0.4, 0.5) is 4.79 Å². The average molecular weight is 396 g/mol. The molecule has 28 heavy (non-hydrogen) atoms. The normalized spacial score (nSPS) is 11.7. The highest BCUT2D eigenvalue weighted by Crippen LogP contribution is 2.08. The third-order valence-corrected chi connectivity index (χ3v) is 3.54. The van der Waals surface area contributed by atoms with Gasteiger partial charge in [0.2, 0.25) is 0 Å². The highest BCUT2D eigenvalue weighted by molar-refractivity contribution is 5.92. The van der Waals surface area contributed by atoms with Crippen molar-refractivity contribution < 1.29 is 18.7 Å². The Kier molecular flexibility index (Phi) is 9.91. The van der Waals surface area contributed by atoms with Crippen LogP contribution < -0.4 is 21.3 Å². The number of hydrogen-bond donors (Lipinski definition) is 4. The molecule has 0 radical (unpaired) electrons. The number of furan rings is 1. The number of aliphatic imine (C=N–C) groups is 1. The lowest BCUT2D eigenvalue weighted by atomic mass is 10.2. The van der Waals surface area contributed by atoms with Gasteiger partial charge in [0.25, 0.3) is 5.91 Å². The van der Waals surface area contributed by atoms with Crippen LogP contribution in [0.2, 0.25) is 0 Å². The number of rotatable bonds is 9. The second-order valence-electron chi connectivity index (χ2n) is 7.25. The zero-order chi connectivity index (χ0) is 21.0. The third-order valence-electron chi connectivity index (χ3n) is 3.54. The van der Waals surface area contributed by atoms with Crippen LogP contribution in [0.1, 0.15) is 49.7 Å². The van der Waals surface area contributed by atoms with E-state index in [1.165, 1.54) is 6.26 Å². The van der Waals surface area contributed by atoms with Gasteiger partial charge in [-0.15, -0.1) is 0 Å².